The molecule has 110 valence electrons. The van der Waals surface area contributed by atoms with Gasteiger partial charge in [-0.1, -0.05) is 96.5 Å². The second-order valence-corrected chi connectivity index (χ2v) is 5.96. The van der Waals surface area contributed by atoms with Crippen molar-refractivity contribution >= 4 is 22.4 Å². The van der Waals surface area contributed by atoms with Crippen LogP contribution in [0.4, 0.5) is 0 Å². The zero-order valence-corrected chi connectivity index (χ0v) is 13.3. The Morgan fingerprint density at radius 1 is 0.435 bits per heavy atom. The fraction of sp³-hybridized carbons (Fsp3) is 0. The molecule has 4 aromatic carbocycles. The molecule has 0 unspecified atom stereocenters. The van der Waals surface area contributed by atoms with E-state index < -0.39 is 0 Å². The Morgan fingerprint density at radius 3 is 1.74 bits per heavy atom. The van der Waals surface area contributed by atoms with E-state index in [4.69, 9.17) is 11.6 Å². The van der Waals surface area contributed by atoms with Crippen LogP contribution < -0.4 is 0 Å². The molecule has 0 fully saturated rings. The molecule has 0 spiro atoms. The van der Waals surface area contributed by atoms with Gasteiger partial charge < -0.3 is 0 Å². The van der Waals surface area contributed by atoms with Gasteiger partial charge in [0.2, 0.25) is 0 Å². The van der Waals surface area contributed by atoms with Gasteiger partial charge in [0.1, 0.15) is 0 Å². The molecule has 0 bridgehead atoms. The van der Waals surface area contributed by atoms with E-state index in [-0.39, 0.29) is 0 Å². The van der Waals surface area contributed by atoms with Crippen LogP contribution in [-0.4, -0.2) is 0 Å². The van der Waals surface area contributed by atoms with E-state index in [0.717, 1.165) is 16.1 Å². The SMILES string of the molecule is Clc1ccccc1-c1ccccc1-c1cccc2ccccc12. The van der Waals surface area contributed by atoms with Gasteiger partial charge in [0.05, 0.1) is 0 Å². The van der Waals surface area contributed by atoms with Crippen molar-refractivity contribution in [1.29, 1.82) is 0 Å². The topological polar surface area (TPSA) is 0 Å². The lowest BCUT2D eigenvalue weighted by atomic mass is 9.91. The predicted octanol–water partition coefficient (Wildman–Crippen LogP) is 6.83. The average molecular weight is 315 g/mol. The highest BCUT2D eigenvalue weighted by Gasteiger charge is 2.11. The molecule has 4 aromatic rings. The lowest BCUT2D eigenvalue weighted by molar-refractivity contribution is 1.60. The van der Waals surface area contributed by atoms with E-state index >= 15 is 0 Å². The summed E-state index contributed by atoms with van der Waals surface area (Å²) in [5.74, 6) is 0. The molecule has 0 heterocycles. The minimum Gasteiger partial charge on any atom is -0.0837 e. The smallest absolute Gasteiger partial charge is 0.0484 e. The molecule has 0 aromatic heterocycles. The highest BCUT2D eigenvalue weighted by molar-refractivity contribution is 6.33. The van der Waals surface area contributed by atoms with Crippen molar-refractivity contribution in [3.63, 3.8) is 0 Å². The lowest BCUT2D eigenvalue weighted by Crippen LogP contribution is -1.87. The van der Waals surface area contributed by atoms with Crippen LogP contribution in [0.25, 0.3) is 33.0 Å². The monoisotopic (exact) mass is 314 g/mol. The van der Waals surface area contributed by atoms with Crippen molar-refractivity contribution < 1.29 is 0 Å². The molecule has 0 radical (unpaired) electrons. The molecular formula is C22H15Cl. The van der Waals surface area contributed by atoms with Crippen molar-refractivity contribution in [2.24, 2.45) is 0 Å². The zero-order valence-electron chi connectivity index (χ0n) is 12.5. The third-order valence-electron chi connectivity index (χ3n) is 4.17. The lowest BCUT2D eigenvalue weighted by Gasteiger charge is -2.13. The van der Waals surface area contributed by atoms with Gasteiger partial charge in [-0.15, -0.1) is 0 Å². The first-order valence-electron chi connectivity index (χ1n) is 7.67. The molecule has 0 saturated carbocycles. The van der Waals surface area contributed by atoms with Crippen LogP contribution in [0.3, 0.4) is 0 Å². The van der Waals surface area contributed by atoms with Gasteiger partial charge in [-0.3, -0.25) is 0 Å². The Balaban J connectivity index is 2.02. The first-order valence-corrected chi connectivity index (χ1v) is 8.04. The van der Waals surface area contributed by atoms with E-state index in [1.54, 1.807) is 0 Å². The predicted molar refractivity (Wildman–Crippen MR) is 99.8 cm³/mol. The van der Waals surface area contributed by atoms with Gasteiger partial charge in [0, 0.05) is 10.6 Å². The molecule has 0 N–H and O–H groups in total. The maximum absolute atomic E-state index is 6.44. The van der Waals surface area contributed by atoms with Gasteiger partial charge in [-0.2, -0.15) is 0 Å². The fourth-order valence-electron chi connectivity index (χ4n) is 3.09. The summed E-state index contributed by atoms with van der Waals surface area (Å²) in [6, 6.07) is 31.4. The number of halogens is 1. The minimum atomic E-state index is 0.778. The molecule has 0 aliphatic rings. The molecular weight excluding hydrogens is 300 g/mol. The third-order valence-corrected chi connectivity index (χ3v) is 4.50. The average Bonchev–Trinajstić information content (AvgIpc) is 2.62. The third kappa shape index (κ3) is 2.52. The summed E-state index contributed by atoms with van der Waals surface area (Å²) in [6.45, 7) is 0. The van der Waals surface area contributed by atoms with Crippen molar-refractivity contribution in [3.05, 3.63) is 96.0 Å². The van der Waals surface area contributed by atoms with Gasteiger partial charge in [-0.25, -0.2) is 0 Å². The minimum absolute atomic E-state index is 0.778. The Kier molecular flexibility index (Phi) is 3.61. The second-order valence-electron chi connectivity index (χ2n) is 5.55. The molecule has 1 heteroatoms. The molecule has 4 rings (SSSR count). The molecule has 23 heavy (non-hydrogen) atoms. The van der Waals surface area contributed by atoms with Crippen molar-refractivity contribution in [3.8, 4) is 22.3 Å². The molecule has 0 aliphatic carbocycles. The van der Waals surface area contributed by atoms with Crippen LogP contribution in [0.1, 0.15) is 0 Å². The Labute approximate surface area is 141 Å². The van der Waals surface area contributed by atoms with Gasteiger partial charge in [0.25, 0.3) is 0 Å². The molecule has 0 nitrogen and oxygen atoms in total. The highest BCUT2D eigenvalue weighted by atomic mass is 35.5. The summed E-state index contributed by atoms with van der Waals surface area (Å²) in [5, 5.41) is 3.29. The number of benzene rings is 4. The largest absolute Gasteiger partial charge is 0.0837 e. The van der Waals surface area contributed by atoms with Crippen LogP contribution >= 0.6 is 11.6 Å². The summed E-state index contributed by atoms with van der Waals surface area (Å²) in [5.41, 5.74) is 4.67. The first kappa shape index (κ1) is 14.0. The van der Waals surface area contributed by atoms with E-state index in [1.165, 1.54) is 21.9 Å². The summed E-state index contributed by atoms with van der Waals surface area (Å²) >= 11 is 6.44. The van der Waals surface area contributed by atoms with Gasteiger partial charge in [-0.05, 0) is 33.5 Å². The molecule has 0 saturated heterocycles. The number of hydrogen-bond acceptors (Lipinski definition) is 0. The summed E-state index contributed by atoms with van der Waals surface area (Å²) < 4.78 is 0. The Hall–Kier alpha value is -2.57. The van der Waals surface area contributed by atoms with Crippen molar-refractivity contribution in [2.75, 3.05) is 0 Å². The highest BCUT2D eigenvalue weighted by Crippen LogP contribution is 2.38. The Bertz CT molecular complexity index is 980. The van der Waals surface area contributed by atoms with Crippen molar-refractivity contribution in [1.82, 2.24) is 0 Å². The zero-order chi connectivity index (χ0) is 15.6. The fourth-order valence-corrected chi connectivity index (χ4v) is 3.33. The maximum Gasteiger partial charge on any atom is 0.0484 e. The Morgan fingerprint density at radius 2 is 0.957 bits per heavy atom. The van der Waals surface area contributed by atoms with Crippen LogP contribution in [0.5, 0.6) is 0 Å². The summed E-state index contributed by atoms with van der Waals surface area (Å²) in [7, 11) is 0. The van der Waals surface area contributed by atoms with Crippen LogP contribution in [-0.2, 0) is 0 Å². The molecule has 0 aliphatic heterocycles. The van der Waals surface area contributed by atoms with Crippen LogP contribution in [0.15, 0.2) is 91.0 Å². The quantitative estimate of drug-likeness (QED) is 0.380. The van der Waals surface area contributed by atoms with E-state index in [9.17, 15) is 0 Å². The van der Waals surface area contributed by atoms with E-state index in [1.807, 2.05) is 18.2 Å². The standard InChI is InChI=1S/C22H15Cl/c23-22-15-6-5-13-21(22)20-12-4-3-11-19(20)18-14-7-9-16-8-1-2-10-17(16)18/h1-15H. The second kappa shape index (κ2) is 5.91. The molecule has 0 amide bonds. The van der Waals surface area contributed by atoms with E-state index in [2.05, 4.69) is 72.8 Å². The van der Waals surface area contributed by atoms with Crippen molar-refractivity contribution in [2.45, 2.75) is 0 Å². The summed E-state index contributed by atoms with van der Waals surface area (Å²) in [6.07, 6.45) is 0. The number of fused-ring (bicyclic) bond motifs is 1. The summed E-state index contributed by atoms with van der Waals surface area (Å²) in [4.78, 5) is 0. The first-order chi connectivity index (χ1) is 11.3. The van der Waals surface area contributed by atoms with Gasteiger partial charge >= 0.3 is 0 Å². The molecule has 0 atom stereocenters. The van der Waals surface area contributed by atoms with Crippen LogP contribution in [0.2, 0.25) is 5.02 Å². The van der Waals surface area contributed by atoms with E-state index in [0.29, 0.717) is 0 Å². The number of rotatable bonds is 2. The van der Waals surface area contributed by atoms with Crippen LogP contribution in [0, 0.1) is 0 Å². The van der Waals surface area contributed by atoms with Gasteiger partial charge in [0.15, 0.2) is 0 Å². The maximum atomic E-state index is 6.44. The normalized spacial score (nSPS) is 10.8. The number of hydrogen-bond donors (Lipinski definition) is 0.